The van der Waals surface area contributed by atoms with E-state index < -0.39 is 12.0 Å². The molecular formula is C16H15FN2O5. The van der Waals surface area contributed by atoms with Crippen LogP contribution < -0.4 is 0 Å². The van der Waals surface area contributed by atoms with Gasteiger partial charge in [0.2, 0.25) is 11.8 Å². The number of carbonyl (C=O) groups excluding carboxylic acids is 1. The van der Waals surface area contributed by atoms with Gasteiger partial charge in [-0.15, -0.1) is 0 Å². The number of hydrogen-bond acceptors (Lipinski definition) is 5. The zero-order valence-electron chi connectivity index (χ0n) is 12.6. The van der Waals surface area contributed by atoms with Crippen LogP contribution in [0.25, 0.3) is 11.5 Å². The van der Waals surface area contributed by atoms with E-state index in [2.05, 4.69) is 4.98 Å². The Morgan fingerprint density at radius 1 is 1.33 bits per heavy atom. The van der Waals surface area contributed by atoms with Gasteiger partial charge in [-0.3, -0.25) is 4.79 Å². The van der Waals surface area contributed by atoms with Crippen molar-refractivity contribution >= 4 is 11.9 Å². The van der Waals surface area contributed by atoms with E-state index in [0.29, 0.717) is 17.9 Å². The molecule has 1 aliphatic heterocycles. The number of rotatable bonds is 4. The SMILES string of the molecule is O=C(O)[C@@H]1COCCN1C(=O)Cc1coc(-c2ccc(F)cc2)n1. The first-order valence-electron chi connectivity index (χ1n) is 7.35. The minimum atomic E-state index is -1.10. The van der Waals surface area contributed by atoms with Crippen LogP contribution in [-0.4, -0.2) is 52.7 Å². The summed E-state index contributed by atoms with van der Waals surface area (Å²) in [5.41, 5.74) is 0.972. The largest absolute Gasteiger partial charge is 0.480 e. The number of carboxylic acids is 1. The van der Waals surface area contributed by atoms with Gasteiger partial charge >= 0.3 is 5.97 Å². The number of aliphatic carboxylic acids is 1. The molecule has 0 unspecified atom stereocenters. The van der Waals surface area contributed by atoms with E-state index in [0.717, 1.165) is 0 Å². The number of carboxylic acid groups (broad SMARTS) is 1. The second-order valence-electron chi connectivity index (χ2n) is 5.34. The Labute approximate surface area is 136 Å². The Kier molecular flexibility index (Phi) is 4.57. The lowest BCUT2D eigenvalue weighted by molar-refractivity contribution is -0.158. The number of hydrogen-bond donors (Lipinski definition) is 1. The van der Waals surface area contributed by atoms with Crippen molar-refractivity contribution in [1.29, 1.82) is 0 Å². The van der Waals surface area contributed by atoms with Crippen LogP contribution in [0.5, 0.6) is 0 Å². The van der Waals surface area contributed by atoms with Crippen molar-refractivity contribution in [2.75, 3.05) is 19.8 Å². The number of morpholine rings is 1. The molecule has 24 heavy (non-hydrogen) atoms. The topological polar surface area (TPSA) is 92.9 Å². The van der Waals surface area contributed by atoms with Crippen LogP contribution in [0.4, 0.5) is 4.39 Å². The molecule has 2 aromatic rings. The van der Waals surface area contributed by atoms with Crippen molar-refractivity contribution in [2.24, 2.45) is 0 Å². The van der Waals surface area contributed by atoms with Crippen LogP contribution in [0.15, 0.2) is 34.9 Å². The number of carbonyl (C=O) groups is 2. The van der Waals surface area contributed by atoms with Gasteiger partial charge in [-0.1, -0.05) is 0 Å². The minimum absolute atomic E-state index is 0.0271. The summed E-state index contributed by atoms with van der Waals surface area (Å²) in [6, 6.07) is 4.63. The third kappa shape index (κ3) is 3.43. The van der Waals surface area contributed by atoms with E-state index in [4.69, 9.17) is 14.3 Å². The molecule has 1 aliphatic rings. The summed E-state index contributed by atoms with van der Waals surface area (Å²) in [6.07, 6.45) is 1.27. The van der Waals surface area contributed by atoms with Crippen molar-refractivity contribution in [2.45, 2.75) is 12.5 Å². The van der Waals surface area contributed by atoms with E-state index >= 15 is 0 Å². The zero-order chi connectivity index (χ0) is 17.1. The van der Waals surface area contributed by atoms with Crippen LogP contribution in [-0.2, 0) is 20.7 Å². The second-order valence-corrected chi connectivity index (χ2v) is 5.34. The lowest BCUT2D eigenvalue weighted by atomic mass is 10.2. The van der Waals surface area contributed by atoms with Gasteiger partial charge in [-0.25, -0.2) is 14.2 Å². The van der Waals surface area contributed by atoms with E-state index in [1.54, 1.807) is 0 Å². The Balaban J connectivity index is 1.70. The first kappa shape index (κ1) is 16.1. The quantitative estimate of drug-likeness (QED) is 0.907. The van der Waals surface area contributed by atoms with Crippen molar-refractivity contribution < 1.29 is 28.2 Å². The first-order valence-corrected chi connectivity index (χ1v) is 7.35. The van der Waals surface area contributed by atoms with Gasteiger partial charge in [-0.2, -0.15) is 0 Å². The second kappa shape index (κ2) is 6.79. The van der Waals surface area contributed by atoms with Gasteiger partial charge in [0.25, 0.3) is 0 Å². The zero-order valence-corrected chi connectivity index (χ0v) is 12.6. The normalized spacial score (nSPS) is 17.7. The molecule has 0 bridgehead atoms. The monoisotopic (exact) mass is 334 g/mol. The number of aromatic nitrogens is 1. The van der Waals surface area contributed by atoms with Crippen LogP contribution in [0.2, 0.25) is 0 Å². The van der Waals surface area contributed by atoms with Crippen molar-refractivity contribution in [3.05, 3.63) is 42.0 Å². The predicted molar refractivity (Wildman–Crippen MR) is 79.6 cm³/mol. The Morgan fingerprint density at radius 2 is 2.08 bits per heavy atom. The molecule has 1 N–H and O–H groups in total. The van der Waals surface area contributed by atoms with E-state index in [1.807, 2.05) is 0 Å². The fourth-order valence-corrected chi connectivity index (χ4v) is 2.48. The number of halogens is 1. The van der Waals surface area contributed by atoms with E-state index in [9.17, 15) is 14.0 Å². The number of amides is 1. The standard InChI is InChI=1S/C16H15FN2O5/c17-11-3-1-10(2-4-11)15-18-12(8-24-15)7-14(20)19-5-6-23-9-13(19)16(21)22/h1-4,8,13H,5-7,9H2,(H,21,22)/t13-/m0/s1. The summed E-state index contributed by atoms with van der Waals surface area (Å²) in [5, 5.41) is 9.16. The van der Waals surface area contributed by atoms with Gasteiger partial charge in [0, 0.05) is 12.1 Å². The summed E-state index contributed by atoms with van der Waals surface area (Å²) < 4.78 is 23.3. The Bertz CT molecular complexity index is 743. The highest BCUT2D eigenvalue weighted by molar-refractivity contribution is 5.85. The molecule has 2 heterocycles. The first-order chi connectivity index (χ1) is 11.5. The Morgan fingerprint density at radius 3 is 2.79 bits per heavy atom. The molecule has 126 valence electrons. The molecule has 1 amide bonds. The molecular weight excluding hydrogens is 319 g/mol. The highest BCUT2D eigenvalue weighted by Gasteiger charge is 2.32. The fourth-order valence-electron chi connectivity index (χ4n) is 2.48. The summed E-state index contributed by atoms with van der Waals surface area (Å²) in [4.78, 5) is 29.0. The molecule has 1 aromatic heterocycles. The van der Waals surface area contributed by atoms with Crippen LogP contribution >= 0.6 is 0 Å². The maximum atomic E-state index is 12.9. The summed E-state index contributed by atoms with van der Waals surface area (Å²) in [7, 11) is 0. The summed E-state index contributed by atoms with van der Waals surface area (Å²) >= 11 is 0. The number of benzene rings is 1. The summed E-state index contributed by atoms with van der Waals surface area (Å²) in [5.74, 6) is -1.55. The molecule has 0 radical (unpaired) electrons. The highest BCUT2D eigenvalue weighted by atomic mass is 19.1. The highest BCUT2D eigenvalue weighted by Crippen LogP contribution is 2.20. The lowest BCUT2D eigenvalue weighted by Gasteiger charge is -2.32. The number of nitrogens with zero attached hydrogens (tertiary/aromatic N) is 2. The molecule has 0 saturated carbocycles. The van der Waals surface area contributed by atoms with Gasteiger partial charge in [-0.05, 0) is 24.3 Å². The smallest absolute Gasteiger partial charge is 0.328 e. The Hall–Kier alpha value is -2.74. The summed E-state index contributed by atoms with van der Waals surface area (Å²) in [6.45, 7) is 0.494. The van der Waals surface area contributed by atoms with E-state index in [-0.39, 0.29) is 37.2 Å². The molecule has 0 aliphatic carbocycles. The number of oxazole rings is 1. The van der Waals surface area contributed by atoms with Crippen LogP contribution in [0.3, 0.4) is 0 Å². The lowest BCUT2D eigenvalue weighted by Crippen LogP contribution is -2.53. The van der Waals surface area contributed by atoms with Gasteiger partial charge in [0.05, 0.1) is 25.3 Å². The van der Waals surface area contributed by atoms with Crippen molar-refractivity contribution in [3.8, 4) is 11.5 Å². The molecule has 0 spiro atoms. The maximum absolute atomic E-state index is 12.9. The molecule has 1 atom stereocenters. The van der Waals surface area contributed by atoms with Gasteiger partial charge < -0.3 is 19.2 Å². The van der Waals surface area contributed by atoms with Crippen molar-refractivity contribution in [1.82, 2.24) is 9.88 Å². The molecule has 8 heteroatoms. The average molecular weight is 334 g/mol. The van der Waals surface area contributed by atoms with Crippen molar-refractivity contribution in [3.63, 3.8) is 0 Å². The molecule has 1 saturated heterocycles. The third-order valence-corrected chi connectivity index (χ3v) is 3.71. The molecule has 3 rings (SSSR count). The average Bonchev–Trinajstić information content (AvgIpc) is 3.04. The van der Waals surface area contributed by atoms with Gasteiger partial charge in [0.15, 0.2) is 6.04 Å². The minimum Gasteiger partial charge on any atom is -0.480 e. The van der Waals surface area contributed by atoms with Gasteiger partial charge in [0.1, 0.15) is 12.1 Å². The fraction of sp³-hybridized carbons (Fsp3) is 0.312. The molecule has 1 aromatic carbocycles. The van der Waals surface area contributed by atoms with E-state index in [1.165, 1.54) is 35.4 Å². The molecule has 1 fully saturated rings. The maximum Gasteiger partial charge on any atom is 0.328 e. The third-order valence-electron chi connectivity index (χ3n) is 3.71. The predicted octanol–water partition coefficient (Wildman–Crippen LogP) is 1.34. The van der Waals surface area contributed by atoms with Crippen LogP contribution in [0.1, 0.15) is 5.69 Å². The molecule has 7 nitrogen and oxygen atoms in total. The number of ether oxygens (including phenoxy) is 1. The van der Waals surface area contributed by atoms with Crippen LogP contribution in [0, 0.1) is 5.82 Å².